The number of hydrogen-bond acceptors (Lipinski definition) is 14. The lowest BCUT2D eigenvalue weighted by Crippen LogP contribution is -2.12. The van der Waals surface area contributed by atoms with Crippen molar-refractivity contribution in [2.75, 3.05) is 11.6 Å². The number of oxime groups is 1. The third kappa shape index (κ3) is 9.22. The fraction of sp³-hybridized carbons (Fsp3) is 0.0816. The van der Waals surface area contributed by atoms with E-state index in [0.29, 0.717) is 35.9 Å². The highest BCUT2D eigenvalue weighted by atomic mass is 32.2. The van der Waals surface area contributed by atoms with Gasteiger partial charge in [0.15, 0.2) is 15.7 Å². The summed E-state index contributed by atoms with van der Waals surface area (Å²) in [7, 11) is -3.28. The smallest absolute Gasteiger partial charge is 0.242 e. The lowest BCUT2D eigenvalue weighted by Gasteiger charge is -2.10. The molecule has 6 aromatic carbocycles. The zero-order valence-electron chi connectivity index (χ0n) is 35.7. The monoisotopic (exact) mass is 905 g/mol. The Kier molecular flexibility index (Phi) is 11.3. The van der Waals surface area contributed by atoms with Gasteiger partial charge in [-0.15, -0.1) is 0 Å². The van der Waals surface area contributed by atoms with Gasteiger partial charge < -0.3 is 20.8 Å². The van der Waals surface area contributed by atoms with Crippen molar-refractivity contribution in [2.24, 2.45) is 10.9 Å². The summed E-state index contributed by atoms with van der Waals surface area (Å²) < 4.78 is 32.2. The van der Waals surface area contributed by atoms with Gasteiger partial charge in [-0.25, -0.2) is 28.4 Å². The Hall–Kier alpha value is -8.90. The number of benzene rings is 6. The summed E-state index contributed by atoms with van der Waals surface area (Å²) in [6.07, 6.45) is 7.88. The molecule has 0 fully saturated rings. The molecule has 330 valence electrons. The van der Waals surface area contributed by atoms with Gasteiger partial charge in [-0.1, -0.05) is 77.0 Å². The molecule has 11 aromatic rings. The van der Waals surface area contributed by atoms with Gasteiger partial charge in [0.05, 0.1) is 53.2 Å². The maximum atomic E-state index is 11.5. The number of anilines is 2. The molecule has 0 saturated heterocycles. The van der Waals surface area contributed by atoms with Crippen molar-refractivity contribution in [3.63, 3.8) is 0 Å². The van der Waals surface area contributed by atoms with Crippen LogP contribution in [0.25, 0.3) is 66.3 Å². The first-order valence-corrected chi connectivity index (χ1v) is 22.9. The van der Waals surface area contributed by atoms with E-state index < -0.39 is 9.84 Å². The van der Waals surface area contributed by atoms with E-state index in [0.717, 1.165) is 66.8 Å². The first-order valence-electron chi connectivity index (χ1n) is 20.9. The summed E-state index contributed by atoms with van der Waals surface area (Å²) in [5.74, 6) is 0.685. The molecule has 5 aromatic heterocycles. The zero-order chi connectivity index (χ0) is 45.9. The van der Waals surface area contributed by atoms with Gasteiger partial charge in [-0.05, 0) is 77.9 Å². The molecule has 0 spiro atoms. The van der Waals surface area contributed by atoms with Gasteiger partial charge in [0, 0.05) is 50.2 Å². The van der Waals surface area contributed by atoms with E-state index in [9.17, 15) is 8.42 Å². The van der Waals surface area contributed by atoms with Crippen molar-refractivity contribution in [3.8, 4) is 22.6 Å². The summed E-state index contributed by atoms with van der Waals surface area (Å²) in [5, 5.41) is 32.1. The molecule has 11 rings (SSSR count). The molecule has 0 aliphatic heterocycles. The van der Waals surface area contributed by atoms with Gasteiger partial charge in [0.2, 0.25) is 11.7 Å². The Bertz CT molecular complexity index is 3720. The molecule has 18 heteroatoms. The van der Waals surface area contributed by atoms with Crippen LogP contribution in [0.5, 0.6) is 0 Å². The molecule has 0 atom stereocenters. The Labute approximate surface area is 382 Å². The standard InChI is InChI=1S/C26H21N7O3S.C23H18N6O/c1-37(34,35)15-24-31-25(32-36-24)18-7-9-22-21(12-18)26(28-16-27-22)30-20-8-10-23-19(11-20)13-29-33(23)14-17-5-3-2-4-6-17;24-23(28-30)17-6-8-20-19(11-17)22(26-14-25-20)16-7-9-21-18(10-16)12-27-29(21)13-15-4-2-1-3-5-15/h2-13,16H,14-15H2,1H3,(H,27,28,30);1-12,14,30H,13H2,(H2,24,28). The summed E-state index contributed by atoms with van der Waals surface area (Å²) in [5.41, 5.74) is 15.6. The van der Waals surface area contributed by atoms with Crippen LogP contribution in [0.3, 0.4) is 0 Å². The third-order valence-electron chi connectivity index (χ3n) is 11.0. The first kappa shape index (κ1) is 42.1. The van der Waals surface area contributed by atoms with Crippen LogP contribution in [-0.4, -0.2) is 75.4 Å². The number of hydrogen-bond donors (Lipinski definition) is 3. The minimum atomic E-state index is -3.28. The molecule has 5 heterocycles. The average molecular weight is 906 g/mol. The van der Waals surface area contributed by atoms with Crippen molar-refractivity contribution >= 4 is 70.8 Å². The van der Waals surface area contributed by atoms with Crippen LogP contribution in [0.1, 0.15) is 22.6 Å². The van der Waals surface area contributed by atoms with E-state index in [1.54, 1.807) is 18.5 Å². The number of nitrogens with two attached hydrogens (primary N) is 1. The van der Waals surface area contributed by atoms with Crippen LogP contribution in [0, 0.1) is 0 Å². The van der Waals surface area contributed by atoms with E-state index in [4.69, 9.17) is 15.5 Å². The van der Waals surface area contributed by atoms with Gasteiger partial charge >= 0.3 is 0 Å². The summed E-state index contributed by atoms with van der Waals surface area (Å²) in [6.45, 7) is 1.40. The quantitative estimate of drug-likeness (QED) is 0.0481. The average Bonchev–Trinajstić information content (AvgIpc) is 4.10. The highest BCUT2D eigenvalue weighted by molar-refractivity contribution is 7.89. The maximum absolute atomic E-state index is 11.5. The normalized spacial score (nSPS) is 11.9. The van der Waals surface area contributed by atoms with E-state index in [1.807, 2.05) is 107 Å². The number of nitrogens with zero attached hydrogens (tertiary/aromatic N) is 11. The third-order valence-corrected chi connectivity index (χ3v) is 11.7. The molecule has 0 saturated carbocycles. The minimum Gasteiger partial charge on any atom is -0.409 e. The number of nitrogens with one attached hydrogen (secondary N) is 1. The zero-order valence-corrected chi connectivity index (χ0v) is 36.5. The molecule has 4 N–H and O–H groups in total. The van der Waals surface area contributed by atoms with Crippen LogP contribution in [0.4, 0.5) is 11.5 Å². The van der Waals surface area contributed by atoms with E-state index in [-0.39, 0.29) is 17.5 Å². The second kappa shape index (κ2) is 17.9. The fourth-order valence-corrected chi connectivity index (χ4v) is 8.32. The van der Waals surface area contributed by atoms with Crippen molar-refractivity contribution in [1.29, 1.82) is 0 Å². The van der Waals surface area contributed by atoms with Gasteiger partial charge in [0.1, 0.15) is 24.2 Å². The molecule has 67 heavy (non-hydrogen) atoms. The molecule has 17 nitrogen and oxygen atoms in total. The highest BCUT2D eigenvalue weighted by Crippen LogP contribution is 2.31. The molecule has 0 aliphatic rings. The van der Waals surface area contributed by atoms with Gasteiger partial charge in [0.25, 0.3) is 0 Å². The summed E-state index contributed by atoms with van der Waals surface area (Å²) in [6, 6.07) is 43.6. The van der Waals surface area contributed by atoms with Crippen LogP contribution < -0.4 is 11.1 Å². The van der Waals surface area contributed by atoms with E-state index in [1.165, 1.54) is 17.5 Å². The number of amidine groups is 1. The van der Waals surface area contributed by atoms with Gasteiger partial charge in [-0.3, -0.25) is 9.36 Å². The molecular weight excluding hydrogens is 867 g/mol. The number of rotatable bonds is 11. The number of sulfone groups is 1. The van der Waals surface area contributed by atoms with Crippen LogP contribution in [0.2, 0.25) is 0 Å². The van der Waals surface area contributed by atoms with Crippen LogP contribution in [0.15, 0.2) is 168 Å². The van der Waals surface area contributed by atoms with Crippen molar-refractivity contribution < 1.29 is 18.1 Å². The maximum Gasteiger partial charge on any atom is 0.242 e. The Morgan fingerprint density at radius 3 is 2.01 bits per heavy atom. The Balaban J connectivity index is 0.000000160. The van der Waals surface area contributed by atoms with Crippen molar-refractivity contribution in [2.45, 2.75) is 18.8 Å². The summed E-state index contributed by atoms with van der Waals surface area (Å²) in [4.78, 5) is 21.9. The topological polar surface area (TPSA) is 231 Å². The first-order chi connectivity index (χ1) is 32.6. The minimum absolute atomic E-state index is 0.0429. The van der Waals surface area contributed by atoms with Crippen LogP contribution in [-0.2, 0) is 28.7 Å². The Morgan fingerprint density at radius 2 is 1.33 bits per heavy atom. The molecular formula is C49H39N13O4S. The number of aromatic nitrogens is 10. The predicted octanol–water partition coefficient (Wildman–Crippen LogP) is 8.16. The largest absolute Gasteiger partial charge is 0.409 e. The lowest BCUT2D eigenvalue weighted by atomic mass is 10.0. The SMILES string of the molecule is CS(=O)(=O)Cc1nc(-c2ccc3ncnc(Nc4ccc5c(cnn5Cc5ccccc5)c4)c3c2)no1.NC(=NO)c1ccc2ncnc(-c3ccc4c(cnn4Cc4ccccc4)c3)c2c1. The van der Waals surface area contributed by atoms with Gasteiger partial charge in [-0.2, -0.15) is 15.2 Å². The molecule has 0 radical (unpaired) electrons. The second-order valence-corrected chi connectivity index (χ2v) is 17.9. The lowest BCUT2D eigenvalue weighted by molar-refractivity contribution is 0.318. The fourth-order valence-electron chi connectivity index (χ4n) is 7.75. The Morgan fingerprint density at radius 1 is 0.701 bits per heavy atom. The number of fused-ring (bicyclic) bond motifs is 4. The van der Waals surface area contributed by atoms with Crippen LogP contribution >= 0.6 is 0 Å². The summed E-state index contributed by atoms with van der Waals surface area (Å²) >= 11 is 0. The highest BCUT2D eigenvalue weighted by Gasteiger charge is 2.16. The van der Waals surface area contributed by atoms with Crippen molar-refractivity contribution in [1.82, 2.24) is 49.6 Å². The van der Waals surface area contributed by atoms with E-state index >= 15 is 0 Å². The molecule has 0 unspecified atom stereocenters. The predicted molar refractivity (Wildman–Crippen MR) is 256 cm³/mol. The van der Waals surface area contributed by atoms with E-state index in [2.05, 4.69) is 87.1 Å². The second-order valence-electron chi connectivity index (χ2n) is 15.7. The molecule has 0 amide bonds. The molecule has 0 aliphatic carbocycles. The van der Waals surface area contributed by atoms with Crippen molar-refractivity contribution in [3.05, 3.63) is 181 Å². The molecule has 0 bridgehead atoms.